The van der Waals surface area contributed by atoms with Gasteiger partial charge in [0, 0.05) is 29.4 Å². The van der Waals surface area contributed by atoms with E-state index in [1.807, 2.05) is 24.5 Å². The zero-order valence-corrected chi connectivity index (χ0v) is 18.2. The second kappa shape index (κ2) is 8.18. The number of H-pyrrole nitrogens is 1. The third-order valence-electron chi connectivity index (χ3n) is 5.32. The summed E-state index contributed by atoms with van der Waals surface area (Å²) in [5, 5.41) is 4.51. The third-order valence-corrected chi connectivity index (χ3v) is 6.55. The van der Waals surface area contributed by atoms with Gasteiger partial charge < -0.3 is 14.5 Å². The number of hydrogen-bond donors (Lipinski definition) is 2. The predicted octanol–water partition coefficient (Wildman–Crippen LogP) is 5.79. The lowest BCUT2D eigenvalue weighted by atomic mass is 10.0. The maximum Gasteiger partial charge on any atom is 0.573 e. The van der Waals surface area contributed by atoms with E-state index in [0.717, 1.165) is 28.2 Å². The van der Waals surface area contributed by atoms with Crippen LogP contribution in [-0.2, 0) is 11.2 Å². The molecule has 2 aliphatic rings. The number of rotatable bonds is 4. The number of halogens is 3. The van der Waals surface area contributed by atoms with Crippen molar-refractivity contribution in [3.05, 3.63) is 64.1 Å². The number of alkyl halides is 3. The summed E-state index contributed by atoms with van der Waals surface area (Å²) in [7, 11) is 0. The number of carbonyl (C=O) groups excluding carboxylic acids is 1. The van der Waals surface area contributed by atoms with Gasteiger partial charge in [-0.05, 0) is 47.7 Å². The van der Waals surface area contributed by atoms with Crippen LogP contribution in [0.1, 0.15) is 24.5 Å². The minimum atomic E-state index is -4.78. The normalized spacial score (nSPS) is 15.8. The number of allylic oxidation sites excluding steroid dienone is 1. The minimum absolute atomic E-state index is 0.149. The standard InChI is InChI=1S/C23H18F3N3O3S/c1-12-8-15(11-33-20(12)14-2-5-19-13(9-14)6-7-31-19)21(30)29-22-27-17-4-3-16(10-18(17)28-22)32-23(24,25)26/h2-5,9-11H,6-8H2,1H3,(H2,27,28,29,30). The van der Waals surface area contributed by atoms with E-state index in [-0.39, 0.29) is 17.6 Å². The van der Waals surface area contributed by atoms with Crippen molar-refractivity contribution in [2.75, 3.05) is 11.9 Å². The molecule has 6 nitrogen and oxygen atoms in total. The molecule has 10 heteroatoms. The van der Waals surface area contributed by atoms with E-state index in [1.54, 1.807) is 0 Å². The van der Waals surface area contributed by atoms with Crippen molar-refractivity contribution in [3.8, 4) is 11.5 Å². The molecule has 170 valence electrons. The Morgan fingerprint density at radius 1 is 1.24 bits per heavy atom. The van der Waals surface area contributed by atoms with Gasteiger partial charge in [0.15, 0.2) is 0 Å². The van der Waals surface area contributed by atoms with Crippen LogP contribution >= 0.6 is 11.8 Å². The van der Waals surface area contributed by atoms with Crippen molar-refractivity contribution in [3.63, 3.8) is 0 Å². The quantitative estimate of drug-likeness (QED) is 0.502. The molecule has 2 aromatic carbocycles. The van der Waals surface area contributed by atoms with Crippen LogP contribution in [0.15, 0.2) is 53.0 Å². The van der Waals surface area contributed by atoms with E-state index in [2.05, 4.69) is 26.1 Å². The highest BCUT2D eigenvalue weighted by molar-refractivity contribution is 8.11. The summed E-state index contributed by atoms with van der Waals surface area (Å²) in [6, 6.07) is 9.89. The molecule has 0 unspecified atom stereocenters. The van der Waals surface area contributed by atoms with Crippen molar-refractivity contribution >= 4 is 39.6 Å². The molecule has 2 N–H and O–H groups in total. The molecule has 3 aromatic rings. The summed E-state index contributed by atoms with van der Waals surface area (Å²) in [6.45, 7) is 2.70. The molecule has 1 aromatic heterocycles. The lowest BCUT2D eigenvalue weighted by Crippen LogP contribution is -2.17. The van der Waals surface area contributed by atoms with Gasteiger partial charge in [0.25, 0.3) is 5.91 Å². The summed E-state index contributed by atoms with van der Waals surface area (Å²) in [6.07, 6.45) is -3.41. The van der Waals surface area contributed by atoms with Crippen LogP contribution in [0.25, 0.3) is 15.9 Å². The molecule has 5 rings (SSSR count). The number of amides is 1. The molecular weight excluding hydrogens is 455 g/mol. The maximum atomic E-state index is 12.8. The van der Waals surface area contributed by atoms with Crippen molar-refractivity contribution in [2.45, 2.75) is 26.1 Å². The van der Waals surface area contributed by atoms with Crippen molar-refractivity contribution in [1.29, 1.82) is 0 Å². The summed E-state index contributed by atoms with van der Waals surface area (Å²) in [4.78, 5) is 20.9. The van der Waals surface area contributed by atoms with Crippen LogP contribution in [0.2, 0.25) is 0 Å². The largest absolute Gasteiger partial charge is 0.573 e. The Morgan fingerprint density at radius 2 is 2.09 bits per heavy atom. The number of hydrogen-bond acceptors (Lipinski definition) is 5. The van der Waals surface area contributed by atoms with Gasteiger partial charge in [0.1, 0.15) is 11.5 Å². The fourth-order valence-corrected chi connectivity index (χ4v) is 4.83. The zero-order valence-electron chi connectivity index (χ0n) is 17.4. The monoisotopic (exact) mass is 473 g/mol. The topological polar surface area (TPSA) is 76.2 Å². The molecular formula is C23H18F3N3O3S. The first-order valence-electron chi connectivity index (χ1n) is 10.1. The first-order valence-corrected chi connectivity index (χ1v) is 11.0. The van der Waals surface area contributed by atoms with Crippen molar-refractivity contribution in [2.24, 2.45) is 0 Å². The molecule has 0 fully saturated rings. The molecule has 0 saturated heterocycles. The number of imidazole rings is 1. The van der Waals surface area contributed by atoms with Gasteiger partial charge in [0.05, 0.1) is 17.6 Å². The summed E-state index contributed by atoms with van der Waals surface area (Å²) in [5.74, 6) is 0.385. The Labute approximate surface area is 190 Å². The van der Waals surface area contributed by atoms with Gasteiger partial charge in [-0.1, -0.05) is 23.4 Å². The van der Waals surface area contributed by atoms with E-state index in [4.69, 9.17) is 4.74 Å². The van der Waals surface area contributed by atoms with Crippen molar-refractivity contribution < 1.29 is 27.4 Å². The Balaban J connectivity index is 1.28. The lowest BCUT2D eigenvalue weighted by molar-refractivity contribution is -0.274. The summed E-state index contributed by atoms with van der Waals surface area (Å²) < 4.78 is 46.8. The molecule has 0 spiro atoms. The minimum Gasteiger partial charge on any atom is -0.493 e. The number of nitrogens with zero attached hydrogens (tertiary/aromatic N) is 1. The molecule has 0 radical (unpaired) electrons. The Bertz CT molecular complexity index is 1330. The average molecular weight is 473 g/mol. The molecule has 0 aliphatic carbocycles. The first-order chi connectivity index (χ1) is 15.7. The van der Waals surface area contributed by atoms with Gasteiger partial charge >= 0.3 is 6.36 Å². The molecule has 3 heterocycles. The molecule has 0 saturated carbocycles. The van der Waals surface area contributed by atoms with Crippen LogP contribution < -0.4 is 14.8 Å². The van der Waals surface area contributed by atoms with Gasteiger partial charge in [0.2, 0.25) is 5.95 Å². The number of aromatic nitrogens is 2. The van der Waals surface area contributed by atoms with Crippen LogP contribution in [0.5, 0.6) is 11.5 Å². The highest BCUT2D eigenvalue weighted by Crippen LogP contribution is 2.41. The molecule has 33 heavy (non-hydrogen) atoms. The summed E-state index contributed by atoms with van der Waals surface area (Å²) in [5.41, 5.74) is 4.67. The fourth-order valence-electron chi connectivity index (χ4n) is 3.85. The van der Waals surface area contributed by atoms with E-state index in [9.17, 15) is 18.0 Å². The zero-order chi connectivity index (χ0) is 23.2. The average Bonchev–Trinajstić information content (AvgIpc) is 3.37. The van der Waals surface area contributed by atoms with Gasteiger partial charge in [-0.3, -0.25) is 10.1 Å². The number of aromatic amines is 1. The van der Waals surface area contributed by atoms with E-state index in [1.165, 1.54) is 35.5 Å². The second-order valence-electron chi connectivity index (χ2n) is 7.73. The van der Waals surface area contributed by atoms with Crippen LogP contribution in [0.4, 0.5) is 19.1 Å². The number of anilines is 1. The highest BCUT2D eigenvalue weighted by atomic mass is 32.2. The lowest BCUT2D eigenvalue weighted by Gasteiger charge is -2.18. The molecule has 0 atom stereocenters. The second-order valence-corrected chi connectivity index (χ2v) is 8.61. The van der Waals surface area contributed by atoms with Crippen molar-refractivity contribution in [1.82, 2.24) is 9.97 Å². The number of benzene rings is 2. The number of nitrogens with one attached hydrogen (secondary N) is 2. The number of ether oxygens (including phenoxy) is 2. The van der Waals surface area contributed by atoms with E-state index in [0.29, 0.717) is 29.6 Å². The fraction of sp³-hybridized carbons (Fsp3) is 0.217. The van der Waals surface area contributed by atoms with Gasteiger partial charge in [-0.25, -0.2) is 4.98 Å². The number of thioether (sulfide) groups is 1. The third kappa shape index (κ3) is 4.56. The Kier molecular flexibility index (Phi) is 5.32. The summed E-state index contributed by atoms with van der Waals surface area (Å²) >= 11 is 1.49. The maximum absolute atomic E-state index is 12.8. The van der Waals surface area contributed by atoms with E-state index >= 15 is 0 Å². The van der Waals surface area contributed by atoms with Crippen LogP contribution in [-0.4, -0.2) is 28.8 Å². The number of carbonyl (C=O) groups is 1. The van der Waals surface area contributed by atoms with E-state index < -0.39 is 6.36 Å². The van der Waals surface area contributed by atoms with Crippen LogP contribution in [0, 0.1) is 0 Å². The highest BCUT2D eigenvalue weighted by Gasteiger charge is 2.31. The van der Waals surface area contributed by atoms with Gasteiger partial charge in [-0.2, -0.15) is 0 Å². The smallest absolute Gasteiger partial charge is 0.493 e. The van der Waals surface area contributed by atoms with Gasteiger partial charge in [-0.15, -0.1) is 13.2 Å². The Hall–Kier alpha value is -3.40. The first kappa shape index (κ1) is 21.4. The molecule has 0 bridgehead atoms. The molecule has 1 amide bonds. The predicted molar refractivity (Wildman–Crippen MR) is 120 cm³/mol. The Morgan fingerprint density at radius 3 is 2.88 bits per heavy atom. The SMILES string of the molecule is CC1=C(c2ccc3c(c2)CCO3)SC=C(C(=O)Nc2nc3ccc(OC(F)(F)F)cc3[nH]2)C1. The number of fused-ring (bicyclic) bond motifs is 2. The van der Waals surface area contributed by atoms with Crippen LogP contribution in [0.3, 0.4) is 0 Å². The molecule has 2 aliphatic heterocycles.